The second-order valence-electron chi connectivity index (χ2n) is 5.53. The molecule has 0 spiro atoms. The van der Waals surface area contributed by atoms with Gasteiger partial charge < -0.3 is 14.6 Å². The molecule has 2 aromatic rings. The molecule has 0 unspecified atom stereocenters. The van der Waals surface area contributed by atoms with Gasteiger partial charge in [0.15, 0.2) is 6.61 Å². The van der Waals surface area contributed by atoms with Crippen LogP contribution in [0.15, 0.2) is 36.7 Å². The van der Waals surface area contributed by atoms with E-state index in [0.717, 1.165) is 43.7 Å². The number of aromatic nitrogens is 2. The summed E-state index contributed by atoms with van der Waals surface area (Å²) in [5, 5.41) is 0. The summed E-state index contributed by atoms with van der Waals surface area (Å²) in [6.07, 6.45) is 6.61. The molecule has 3 rings (SSSR count). The van der Waals surface area contributed by atoms with E-state index in [2.05, 4.69) is 9.97 Å². The minimum atomic E-state index is -0.485. The van der Waals surface area contributed by atoms with E-state index in [-0.39, 0.29) is 12.5 Å². The van der Waals surface area contributed by atoms with Gasteiger partial charge in [0, 0.05) is 31.0 Å². The van der Waals surface area contributed by atoms with Crippen LogP contribution in [0.3, 0.4) is 0 Å². The first kappa shape index (κ1) is 15.3. The van der Waals surface area contributed by atoms with Gasteiger partial charge in [-0.1, -0.05) is 12.1 Å². The molecule has 6 heteroatoms. The smallest absolute Gasteiger partial charge is 0.338 e. The fraction of sp³-hybridized carbons (Fsp3) is 0.353. The second-order valence-corrected chi connectivity index (χ2v) is 5.53. The SMILES string of the molecule is O=C(OCC(=O)N1CCCCC1)c1ccc(-c2ncc[nH]2)cc1. The standard InChI is InChI=1S/C17H19N3O3/c21-15(20-10-2-1-3-11-20)12-23-17(22)14-6-4-13(5-7-14)16-18-8-9-19-16/h4-9H,1-3,10-12H2,(H,18,19). The number of ether oxygens (including phenoxy) is 1. The summed E-state index contributed by atoms with van der Waals surface area (Å²) < 4.78 is 5.12. The normalized spacial score (nSPS) is 14.5. The molecular weight excluding hydrogens is 294 g/mol. The molecule has 1 aromatic carbocycles. The highest BCUT2D eigenvalue weighted by molar-refractivity contribution is 5.91. The fourth-order valence-corrected chi connectivity index (χ4v) is 2.63. The number of nitrogens with one attached hydrogen (secondary N) is 1. The van der Waals surface area contributed by atoms with Crippen molar-refractivity contribution in [3.05, 3.63) is 42.2 Å². The Morgan fingerprint density at radius 2 is 1.87 bits per heavy atom. The second kappa shape index (κ2) is 7.09. The summed E-state index contributed by atoms with van der Waals surface area (Å²) >= 11 is 0. The predicted molar refractivity (Wildman–Crippen MR) is 84.7 cm³/mol. The molecule has 0 bridgehead atoms. The summed E-state index contributed by atoms with van der Waals surface area (Å²) in [4.78, 5) is 32.9. The number of amides is 1. The summed E-state index contributed by atoms with van der Waals surface area (Å²) in [5.74, 6) is 0.136. The van der Waals surface area contributed by atoms with E-state index in [1.165, 1.54) is 0 Å². The molecule has 23 heavy (non-hydrogen) atoms. The Morgan fingerprint density at radius 3 is 2.52 bits per heavy atom. The van der Waals surface area contributed by atoms with Gasteiger partial charge in [-0.25, -0.2) is 9.78 Å². The molecule has 1 saturated heterocycles. The lowest BCUT2D eigenvalue weighted by Crippen LogP contribution is -2.38. The number of piperidine rings is 1. The lowest BCUT2D eigenvalue weighted by atomic mass is 10.1. The predicted octanol–water partition coefficient (Wildman–Crippen LogP) is 2.25. The zero-order valence-electron chi connectivity index (χ0n) is 12.8. The summed E-state index contributed by atoms with van der Waals surface area (Å²) in [7, 11) is 0. The quantitative estimate of drug-likeness (QED) is 0.878. The Bertz CT molecular complexity index is 659. The first-order chi connectivity index (χ1) is 11.2. The molecule has 2 heterocycles. The lowest BCUT2D eigenvalue weighted by molar-refractivity contribution is -0.135. The Balaban J connectivity index is 1.54. The van der Waals surface area contributed by atoms with Crippen molar-refractivity contribution >= 4 is 11.9 Å². The zero-order valence-corrected chi connectivity index (χ0v) is 12.8. The van der Waals surface area contributed by atoms with Crippen molar-refractivity contribution in [1.29, 1.82) is 0 Å². The van der Waals surface area contributed by atoms with Crippen LogP contribution in [0, 0.1) is 0 Å². The van der Waals surface area contributed by atoms with Gasteiger partial charge in [-0.15, -0.1) is 0 Å². The van der Waals surface area contributed by atoms with Gasteiger partial charge in [-0.05, 0) is 31.4 Å². The number of carbonyl (C=O) groups is 2. The number of hydrogen-bond donors (Lipinski definition) is 1. The van der Waals surface area contributed by atoms with Crippen molar-refractivity contribution in [3.8, 4) is 11.4 Å². The van der Waals surface area contributed by atoms with Gasteiger partial charge in [0.1, 0.15) is 5.82 Å². The van der Waals surface area contributed by atoms with Crippen LogP contribution >= 0.6 is 0 Å². The number of nitrogens with zero attached hydrogens (tertiary/aromatic N) is 2. The highest BCUT2D eigenvalue weighted by Gasteiger charge is 2.18. The highest BCUT2D eigenvalue weighted by atomic mass is 16.5. The fourth-order valence-electron chi connectivity index (χ4n) is 2.63. The lowest BCUT2D eigenvalue weighted by Gasteiger charge is -2.26. The molecular formula is C17H19N3O3. The van der Waals surface area contributed by atoms with E-state index in [9.17, 15) is 9.59 Å². The van der Waals surface area contributed by atoms with Crippen LogP contribution in [0.4, 0.5) is 0 Å². The van der Waals surface area contributed by atoms with E-state index in [4.69, 9.17) is 4.74 Å². The van der Waals surface area contributed by atoms with Gasteiger partial charge in [0.2, 0.25) is 0 Å². The number of imidazole rings is 1. The Morgan fingerprint density at radius 1 is 1.13 bits per heavy atom. The van der Waals surface area contributed by atoms with Crippen LogP contribution in [0.2, 0.25) is 0 Å². The van der Waals surface area contributed by atoms with E-state index in [1.807, 2.05) is 0 Å². The topological polar surface area (TPSA) is 75.3 Å². The van der Waals surface area contributed by atoms with E-state index >= 15 is 0 Å². The minimum Gasteiger partial charge on any atom is -0.452 e. The molecule has 120 valence electrons. The molecule has 0 aliphatic carbocycles. The van der Waals surface area contributed by atoms with Crippen molar-refractivity contribution in [3.63, 3.8) is 0 Å². The number of aromatic amines is 1. The van der Waals surface area contributed by atoms with Gasteiger partial charge in [-0.3, -0.25) is 4.79 Å². The van der Waals surface area contributed by atoms with E-state index in [1.54, 1.807) is 41.6 Å². The third kappa shape index (κ3) is 3.77. The van der Waals surface area contributed by atoms with Gasteiger partial charge >= 0.3 is 5.97 Å². The third-order valence-electron chi connectivity index (χ3n) is 3.93. The first-order valence-corrected chi connectivity index (χ1v) is 7.79. The van der Waals surface area contributed by atoms with Crippen LogP contribution in [-0.4, -0.2) is 46.4 Å². The summed E-state index contributed by atoms with van der Waals surface area (Å²) in [5.41, 5.74) is 1.31. The van der Waals surface area contributed by atoms with Crippen LogP contribution in [0.25, 0.3) is 11.4 Å². The van der Waals surface area contributed by atoms with Crippen LogP contribution in [0.1, 0.15) is 29.6 Å². The maximum absolute atomic E-state index is 12.0. The first-order valence-electron chi connectivity index (χ1n) is 7.79. The molecule has 0 saturated carbocycles. The number of hydrogen-bond acceptors (Lipinski definition) is 4. The molecule has 1 fully saturated rings. The average molecular weight is 313 g/mol. The maximum atomic E-state index is 12.0. The van der Waals surface area contributed by atoms with Gasteiger partial charge in [0.25, 0.3) is 5.91 Å². The Labute approximate surface area is 134 Å². The maximum Gasteiger partial charge on any atom is 0.338 e. The number of esters is 1. The van der Waals surface area contributed by atoms with Crippen LogP contribution in [0.5, 0.6) is 0 Å². The molecule has 1 aromatic heterocycles. The molecule has 6 nitrogen and oxygen atoms in total. The number of carbonyl (C=O) groups excluding carboxylic acids is 2. The number of H-pyrrole nitrogens is 1. The molecule has 1 aliphatic rings. The van der Waals surface area contributed by atoms with Crippen LogP contribution in [-0.2, 0) is 9.53 Å². The minimum absolute atomic E-state index is 0.120. The molecule has 0 atom stereocenters. The molecule has 1 N–H and O–H groups in total. The monoisotopic (exact) mass is 313 g/mol. The highest BCUT2D eigenvalue weighted by Crippen LogP contribution is 2.15. The largest absolute Gasteiger partial charge is 0.452 e. The van der Waals surface area contributed by atoms with E-state index in [0.29, 0.717) is 5.56 Å². The van der Waals surface area contributed by atoms with Crippen molar-refractivity contribution in [1.82, 2.24) is 14.9 Å². The van der Waals surface area contributed by atoms with Crippen molar-refractivity contribution in [2.45, 2.75) is 19.3 Å². The summed E-state index contributed by atoms with van der Waals surface area (Å²) in [6, 6.07) is 6.93. The zero-order chi connectivity index (χ0) is 16.1. The third-order valence-corrected chi connectivity index (χ3v) is 3.93. The average Bonchev–Trinajstić information content (AvgIpc) is 3.15. The Hall–Kier alpha value is -2.63. The molecule has 1 amide bonds. The Kier molecular flexibility index (Phi) is 4.71. The van der Waals surface area contributed by atoms with Gasteiger partial charge in [0.05, 0.1) is 5.56 Å². The van der Waals surface area contributed by atoms with Crippen molar-refractivity contribution < 1.29 is 14.3 Å². The number of rotatable bonds is 4. The molecule has 1 aliphatic heterocycles. The molecule has 0 radical (unpaired) electrons. The summed E-state index contributed by atoms with van der Waals surface area (Å²) in [6.45, 7) is 1.32. The van der Waals surface area contributed by atoms with Crippen molar-refractivity contribution in [2.75, 3.05) is 19.7 Å². The number of benzene rings is 1. The van der Waals surface area contributed by atoms with Crippen LogP contribution < -0.4 is 0 Å². The van der Waals surface area contributed by atoms with E-state index < -0.39 is 5.97 Å². The number of likely N-dealkylation sites (tertiary alicyclic amines) is 1. The van der Waals surface area contributed by atoms with Gasteiger partial charge in [-0.2, -0.15) is 0 Å². The van der Waals surface area contributed by atoms with Crippen molar-refractivity contribution in [2.24, 2.45) is 0 Å².